The molecule has 5 heteroatoms. The standard InChI is InChI=1S/C23H29N3O2/c1-23(2,3)17-11-9-16(10-12-17)22(28)25-14-13-21(27)26-15-5-6-18-19(24)7-4-8-20(18)26/h4,7-12H,5-6,13-15,24H2,1-3H3,(H,25,28). The van der Waals surface area contributed by atoms with Gasteiger partial charge in [0.1, 0.15) is 0 Å². The summed E-state index contributed by atoms with van der Waals surface area (Å²) in [4.78, 5) is 26.8. The van der Waals surface area contributed by atoms with Crippen molar-refractivity contribution in [2.24, 2.45) is 0 Å². The molecule has 1 heterocycles. The summed E-state index contributed by atoms with van der Waals surface area (Å²) in [5.41, 5.74) is 10.6. The number of anilines is 2. The zero-order valence-electron chi connectivity index (χ0n) is 16.9. The molecule has 0 aromatic heterocycles. The summed E-state index contributed by atoms with van der Waals surface area (Å²) in [6.07, 6.45) is 2.06. The molecule has 0 aliphatic carbocycles. The lowest BCUT2D eigenvalue weighted by Crippen LogP contribution is -2.38. The van der Waals surface area contributed by atoms with E-state index < -0.39 is 0 Å². The van der Waals surface area contributed by atoms with Gasteiger partial charge in [-0.05, 0) is 53.6 Å². The molecule has 148 valence electrons. The van der Waals surface area contributed by atoms with Gasteiger partial charge in [0, 0.05) is 36.4 Å². The van der Waals surface area contributed by atoms with Crippen molar-refractivity contribution in [3.8, 4) is 0 Å². The summed E-state index contributed by atoms with van der Waals surface area (Å²) in [6.45, 7) is 7.42. The number of amides is 2. The van der Waals surface area contributed by atoms with E-state index in [2.05, 4.69) is 26.1 Å². The third-order valence-corrected chi connectivity index (χ3v) is 5.23. The Labute approximate surface area is 166 Å². The second-order valence-electron chi connectivity index (χ2n) is 8.33. The molecular formula is C23H29N3O2. The first-order valence-corrected chi connectivity index (χ1v) is 9.84. The molecule has 3 rings (SSSR count). The summed E-state index contributed by atoms with van der Waals surface area (Å²) in [6, 6.07) is 13.3. The van der Waals surface area contributed by atoms with Crippen LogP contribution in [0.4, 0.5) is 11.4 Å². The number of nitrogens with zero attached hydrogens (tertiary/aromatic N) is 1. The molecule has 0 atom stereocenters. The largest absolute Gasteiger partial charge is 0.398 e. The van der Waals surface area contributed by atoms with Gasteiger partial charge in [-0.25, -0.2) is 0 Å². The number of hydrogen-bond acceptors (Lipinski definition) is 3. The highest BCUT2D eigenvalue weighted by molar-refractivity contribution is 5.97. The van der Waals surface area contributed by atoms with E-state index in [4.69, 9.17) is 5.73 Å². The van der Waals surface area contributed by atoms with E-state index in [1.165, 1.54) is 5.56 Å². The number of benzene rings is 2. The molecule has 0 radical (unpaired) electrons. The number of hydrogen-bond donors (Lipinski definition) is 2. The molecule has 0 saturated heterocycles. The van der Waals surface area contributed by atoms with Crippen LogP contribution < -0.4 is 16.0 Å². The molecule has 2 aromatic carbocycles. The first-order valence-electron chi connectivity index (χ1n) is 9.84. The van der Waals surface area contributed by atoms with Crippen molar-refractivity contribution in [2.75, 3.05) is 23.7 Å². The number of carbonyl (C=O) groups excluding carboxylic acids is 2. The van der Waals surface area contributed by atoms with Crippen LogP contribution in [0, 0.1) is 0 Å². The van der Waals surface area contributed by atoms with E-state index in [0.717, 1.165) is 29.8 Å². The second-order valence-corrected chi connectivity index (χ2v) is 8.33. The lowest BCUT2D eigenvalue weighted by Gasteiger charge is -2.30. The third kappa shape index (κ3) is 4.35. The second kappa shape index (κ2) is 8.05. The van der Waals surface area contributed by atoms with E-state index in [1.54, 1.807) is 4.90 Å². The van der Waals surface area contributed by atoms with Crippen LogP contribution in [0.25, 0.3) is 0 Å². The van der Waals surface area contributed by atoms with Gasteiger partial charge in [0.05, 0.1) is 0 Å². The molecule has 1 aliphatic rings. The van der Waals surface area contributed by atoms with Crippen molar-refractivity contribution in [1.82, 2.24) is 5.32 Å². The third-order valence-electron chi connectivity index (χ3n) is 5.23. The SMILES string of the molecule is CC(C)(C)c1ccc(C(=O)NCCC(=O)N2CCCc3c(N)cccc32)cc1. The van der Waals surface area contributed by atoms with Crippen LogP contribution >= 0.6 is 0 Å². The zero-order valence-corrected chi connectivity index (χ0v) is 16.9. The van der Waals surface area contributed by atoms with Crippen LogP contribution in [0.1, 0.15) is 55.1 Å². The molecular weight excluding hydrogens is 350 g/mol. The van der Waals surface area contributed by atoms with Crippen LogP contribution in [0.3, 0.4) is 0 Å². The monoisotopic (exact) mass is 379 g/mol. The van der Waals surface area contributed by atoms with E-state index in [1.807, 2.05) is 42.5 Å². The lowest BCUT2D eigenvalue weighted by atomic mass is 9.87. The Bertz CT molecular complexity index is 866. The summed E-state index contributed by atoms with van der Waals surface area (Å²) in [5.74, 6) is -0.147. The van der Waals surface area contributed by atoms with Crippen LogP contribution in [0.5, 0.6) is 0 Å². The maximum absolute atomic E-state index is 12.7. The van der Waals surface area contributed by atoms with Crippen molar-refractivity contribution in [3.05, 3.63) is 59.2 Å². The van der Waals surface area contributed by atoms with Crippen LogP contribution in [0.15, 0.2) is 42.5 Å². The molecule has 5 nitrogen and oxygen atoms in total. The molecule has 0 unspecified atom stereocenters. The summed E-state index contributed by atoms with van der Waals surface area (Å²) in [5, 5.41) is 2.85. The van der Waals surface area contributed by atoms with E-state index in [9.17, 15) is 9.59 Å². The minimum absolute atomic E-state index is 0.00919. The van der Waals surface area contributed by atoms with Gasteiger partial charge in [0.2, 0.25) is 5.91 Å². The Morgan fingerprint density at radius 1 is 1.11 bits per heavy atom. The van der Waals surface area contributed by atoms with Gasteiger partial charge in [-0.2, -0.15) is 0 Å². The molecule has 3 N–H and O–H groups in total. The first-order chi connectivity index (χ1) is 13.3. The molecule has 2 amide bonds. The molecule has 0 spiro atoms. The van der Waals surface area contributed by atoms with Crippen molar-refractivity contribution < 1.29 is 9.59 Å². The summed E-state index contributed by atoms with van der Waals surface area (Å²) in [7, 11) is 0. The quantitative estimate of drug-likeness (QED) is 0.796. The topological polar surface area (TPSA) is 75.4 Å². The fraction of sp³-hybridized carbons (Fsp3) is 0.391. The number of nitrogen functional groups attached to an aromatic ring is 1. The maximum atomic E-state index is 12.7. The Morgan fingerprint density at radius 3 is 2.50 bits per heavy atom. The van der Waals surface area contributed by atoms with Gasteiger partial charge in [-0.3, -0.25) is 9.59 Å². The predicted molar refractivity (Wildman–Crippen MR) is 114 cm³/mol. The van der Waals surface area contributed by atoms with Crippen molar-refractivity contribution in [2.45, 2.75) is 45.4 Å². The lowest BCUT2D eigenvalue weighted by molar-refractivity contribution is -0.118. The van der Waals surface area contributed by atoms with Crippen LogP contribution in [-0.2, 0) is 16.6 Å². The first kappa shape index (κ1) is 19.9. The fourth-order valence-corrected chi connectivity index (χ4v) is 3.55. The van der Waals surface area contributed by atoms with Gasteiger partial charge in [-0.1, -0.05) is 39.0 Å². The summed E-state index contributed by atoms with van der Waals surface area (Å²) >= 11 is 0. The Balaban J connectivity index is 1.56. The minimum Gasteiger partial charge on any atom is -0.398 e. The number of carbonyl (C=O) groups is 2. The molecule has 1 aliphatic heterocycles. The normalized spacial score (nSPS) is 13.8. The average Bonchev–Trinajstić information content (AvgIpc) is 2.67. The number of nitrogens with two attached hydrogens (primary N) is 1. The Morgan fingerprint density at radius 2 is 1.82 bits per heavy atom. The Hall–Kier alpha value is -2.82. The minimum atomic E-state index is -0.156. The fourth-order valence-electron chi connectivity index (χ4n) is 3.55. The average molecular weight is 380 g/mol. The highest BCUT2D eigenvalue weighted by atomic mass is 16.2. The smallest absolute Gasteiger partial charge is 0.251 e. The van der Waals surface area contributed by atoms with Gasteiger partial charge in [-0.15, -0.1) is 0 Å². The zero-order chi connectivity index (χ0) is 20.3. The van der Waals surface area contributed by atoms with Gasteiger partial charge in [0.15, 0.2) is 0 Å². The van der Waals surface area contributed by atoms with Crippen LogP contribution in [0.2, 0.25) is 0 Å². The molecule has 2 aromatic rings. The van der Waals surface area contributed by atoms with E-state index in [0.29, 0.717) is 18.7 Å². The highest BCUT2D eigenvalue weighted by Gasteiger charge is 2.23. The molecule has 28 heavy (non-hydrogen) atoms. The van der Waals surface area contributed by atoms with Crippen molar-refractivity contribution >= 4 is 23.2 Å². The van der Waals surface area contributed by atoms with E-state index >= 15 is 0 Å². The summed E-state index contributed by atoms with van der Waals surface area (Å²) < 4.78 is 0. The predicted octanol–water partition coefficient (Wildman–Crippen LogP) is 3.67. The van der Waals surface area contributed by atoms with Crippen molar-refractivity contribution in [3.63, 3.8) is 0 Å². The van der Waals surface area contributed by atoms with Crippen molar-refractivity contribution in [1.29, 1.82) is 0 Å². The highest BCUT2D eigenvalue weighted by Crippen LogP contribution is 2.31. The number of rotatable bonds is 4. The molecule has 0 bridgehead atoms. The van der Waals surface area contributed by atoms with Gasteiger partial charge < -0.3 is 16.0 Å². The molecule has 0 fully saturated rings. The number of fused-ring (bicyclic) bond motifs is 1. The maximum Gasteiger partial charge on any atom is 0.251 e. The Kier molecular flexibility index (Phi) is 5.73. The number of nitrogens with one attached hydrogen (secondary N) is 1. The van der Waals surface area contributed by atoms with Gasteiger partial charge in [0.25, 0.3) is 5.91 Å². The van der Waals surface area contributed by atoms with Crippen LogP contribution in [-0.4, -0.2) is 24.9 Å². The molecule has 0 saturated carbocycles. The van der Waals surface area contributed by atoms with E-state index in [-0.39, 0.29) is 23.7 Å². The van der Waals surface area contributed by atoms with Gasteiger partial charge >= 0.3 is 0 Å².